The third-order valence-corrected chi connectivity index (χ3v) is 4.52. The van der Waals surface area contributed by atoms with Crippen LogP contribution in [0.3, 0.4) is 0 Å². The number of fused-ring (bicyclic) bond motifs is 5. The summed E-state index contributed by atoms with van der Waals surface area (Å²) in [5, 5.41) is 20.9. The van der Waals surface area contributed by atoms with E-state index in [-0.39, 0.29) is 23.6 Å². The van der Waals surface area contributed by atoms with Crippen molar-refractivity contribution in [3.8, 4) is 17.4 Å². The van der Waals surface area contributed by atoms with Gasteiger partial charge in [-0.1, -0.05) is 24.3 Å². The third kappa shape index (κ3) is 1.29. The first-order chi connectivity index (χ1) is 9.18. The van der Waals surface area contributed by atoms with Crippen LogP contribution in [0.5, 0.6) is 11.8 Å². The Morgan fingerprint density at radius 2 is 1.58 bits per heavy atom. The number of allylic oxidation sites excluding steroid dienone is 2. The van der Waals surface area contributed by atoms with Crippen LogP contribution < -0.4 is 0 Å². The van der Waals surface area contributed by atoms with Gasteiger partial charge in [0.25, 0.3) is 0 Å². The number of thiol groups is 1. The van der Waals surface area contributed by atoms with Gasteiger partial charge in [0.1, 0.15) is 0 Å². The first kappa shape index (κ1) is 11.1. The smallest absolute Gasteiger partial charge is 0.202 e. The van der Waals surface area contributed by atoms with Crippen molar-refractivity contribution in [2.45, 2.75) is 23.2 Å². The summed E-state index contributed by atoms with van der Waals surface area (Å²) in [4.78, 5) is 0.724. The highest BCUT2D eigenvalue weighted by atomic mass is 32.1. The molecule has 0 radical (unpaired) electrons. The van der Waals surface area contributed by atoms with E-state index in [1.807, 2.05) is 24.3 Å². The van der Waals surface area contributed by atoms with Crippen LogP contribution in [0.2, 0.25) is 0 Å². The molecule has 2 aliphatic rings. The van der Waals surface area contributed by atoms with E-state index in [1.54, 1.807) is 0 Å². The lowest BCUT2D eigenvalue weighted by Gasteiger charge is -2.11. The van der Waals surface area contributed by atoms with Gasteiger partial charge >= 0.3 is 0 Å². The molecule has 1 heterocycles. The van der Waals surface area contributed by atoms with Gasteiger partial charge in [-0.15, -0.1) is 12.6 Å². The normalized spacial score (nSPS) is 23.0. The van der Waals surface area contributed by atoms with Crippen molar-refractivity contribution in [3.05, 3.63) is 47.5 Å². The van der Waals surface area contributed by atoms with Crippen LogP contribution in [-0.2, 0) is 0 Å². The maximum absolute atomic E-state index is 10.5. The van der Waals surface area contributed by atoms with Crippen molar-refractivity contribution in [1.82, 2.24) is 4.57 Å². The zero-order valence-electron chi connectivity index (χ0n) is 10.1. The summed E-state index contributed by atoms with van der Waals surface area (Å²) in [5.74, 6) is 0.759. The molecule has 0 fully saturated rings. The molecule has 0 saturated heterocycles. The molecule has 4 rings (SSSR count). The van der Waals surface area contributed by atoms with Crippen LogP contribution in [0.25, 0.3) is 5.69 Å². The van der Waals surface area contributed by atoms with E-state index in [0.717, 1.165) is 22.4 Å². The van der Waals surface area contributed by atoms with Gasteiger partial charge in [0, 0.05) is 27.9 Å². The Balaban J connectivity index is 2.00. The lowest BCUT2D eigenvalue weighted by molar-refractivity contribution is 0.394. The maximum Gasteiger partial charge on any atom is 0.202 e. The van der Waals surface area contributed by atoms with Gasteiger partial charge in [0.2, 0.25) is 11.8 Å². The molecule has 1 aromatic carbocycles. The number of aromatic nitrogens is 1. The zero-order chi connectivity index (χ0) is 13.1. The second-order valence-electron chi connectivity index (χ2n) is 5.13. The lowest BCUT2D eigenvalue weighted by atomic mass is 10.0. The molecule has 2 unspecified atom stereocenters. The van der Waals surface area contributed by atoms with E-state index in [2.05, 4.69) is 24.8 Å². The number of aromatic hydroxyl groups is 2. The van der Waals surface area contributed by atoms with Crippen LogP contribution in [0.4, 0.5) is 0 Å². The Morgan fingerprint density at radius 3 is 2.16 bits per heavy atom. The summed E-state index contributed by atoms with van der Waals surface area (Å²) in [6, 6.07) is 7.43. The molecule has 2 aromatic rings. The molecule has 3 nitrogen and oxygen atoms in total. The fourth-order valence-electron chi connectivity index (χ4n) is 3.32. The molecule has 1 aromatic heterocycles. The van der Waals surface area contributed by atoms with Gasteiger partial charge in [0.05, 0.1) is 5.69 Å². The van der Waals surface area contributed by atoms with Crippen LogP contribution in [0.1, 0.15) is 29.4 Å². The minimum absolute atomic E-state index is 0.144. The monoisotopic (exact) mass is 271 g/mol. The fourth-order valence-corrected chi connectivity index (χ4v) is 3.58. The highest BCUT2D eigenvalue weighted by Gasteiger charge is 2.41. The van der Waals surface area contributed by atoms with Gasteiger partial charge in [-0.2, -0.15) is 0 Å². The van der Waals surface area contributed by atoms with Gasteiger partial charge in [0.15, 0.2) is 0 Å². The number of rotatable bonds is 1. The van der Waals surface area contributed by atoms with Crippen LogP contribution in [0.15, 0.2) is 41.3 Å². The first-order valence-corrected chi connectivity index (χ1v) is 6.76. The second kappa shape index (κ2) is 3.61. The highest BCUT2D eigenvalue weighted by molar-refractivity contribution is 7.80. The molecular formula is C15H13NO2S. The van der Waals surface area contributed by atoms with Crippen molar-refractivity contribution in [2.75, 3.05) is 0 Å². The van der Waals surface area contributed by atoms with Crippen molar-refractivity contribution < 1.29 is 10.2 Å². The maximum atomic E-state index is 10.5. The summed E-state index contributed by atoms with van der Waals surface area (Å²) < 4.78 is 1.50. The Kier molecular flexibility index (Phi) is 2.10. The summed E-state index contributed by atoms with van der Waals surface area (Å²) in [7, 11) is 0. The van der Waals surface area contributed by atoms with E-state index >= 15 is 0 Å². The summed E-state index contributed by atoms with van der Waals surface area (Å²) in [6.45, 7) is 0. The van der Waals surface area contributed by atoms with E-state index in [4.69, 9.17) is 0 Å². The van der Waals surface area contributed by atoms with Gasteiger partial charge in [-0.3, -0.25) is 0 Å². The Hall–Kier alpha value is -1.81. The van der Waals surface area contributed by atoms with Crippen LogP contribution in [0, 0.1) is 0 Å². The van der Waals surface area contributed by atoms with E-state index in [9.17, 15) is 10.2 Å². The van der Waals surface area contributed by atoms with Crippen molar-refractivity contribution >= 4 is 12.6 Å². The lowest BCUT2D eigenvalue weighted by Crippen LogP contribution is -1.96. The molecule has 0 amide bonds. The predicted molar refractivity (Wildman–Crippen MR) is 75.6 cm³/mol. The molecule has 2 bridgehead atoms. The fraction of sp³-hybridized carbons (Fsp3) is 0.200. The number of nitrogens with zero attached hydrogens (tertiary/aromatic N) is 1. The van der Waals surface area contributed by atoms with Crippen LogP contribution in [-0.4, -0.2) is 14.8 Å². The minimum Gasteiger partial charge on any atom is -0.494 e. The van der Waals surface area contributed by atoms with E-state index < -0.39 is 0 Å². The predicted octanol–water partition coefficient (Wildman–Crippen LogP) is 3.32. The summed E-state index contributed by atoms with van der Waals surface area (Å²) in [6.07, 6.45) is 5.20. The second-order valence-corrected chi connectivity index (χ2v) is 5.61. The van der Waals surface area contributed by atoms with E-state index in [0.29, 0.717) is 5.69 Å². The highest BCUT2D eigenvalue weighted by Crippen LogP contribution is 2.57. The summed E-state index contributed by atoms with van der Waals surface area (Å²) >= 11 is 4.40. The van der Waals surface area contributed by atoms with Gasteiger partial charge < -0.3 is 10.2 Å². The zero-order valence-corrected chi connectivity index (χ0v) is 11.0. The van der Waals surface area contributed by atoms with Crippen LogP contribution >= 0.6 is 12.6 Å². The molecule has 0 aliphatic heterocycles. The first-order valence-electron chi connectivity index (χ1n) is 6.31. The number of benzene rings is 1. The van der Waals surface area contributed by atoms with Gasteiger partial charge in [-0.25, -0.2) is 4.57 Å². The standard InChI is InChI=1S/C15H13NO2S/c17-14-12-8-5-6-9(7-8)13(12)15(18)16(14)10-3-1-2-4-11(10)19/h1-6,8-9,17-19H,7H2. The molecule has 0 spiro atoms. The number of hydrogen-bond donors (Lipinski definition) is 3. The average molecular weight is 271 g/mol. The Bertz CT molecular complexity index is 682. The SMILES string of the molecule is Oc1c2c(c(O)n1-c1ccccc1S)C1C=CC2C1. The summed E-state index contributed by atoms with van der Waals surface area (Å²) in [5.41, 5.74) is 2.46. The van der Waals surface area contributed by atoms with Gasteiger partial charge in [-0.05, 0) is 18.6 Å². The topological polar surface area (TPSA) is 45.4 Å². The number of hydrogen-bond acceptors (Lipinski definition) is 3. The minimum atomic E-state index is 0.144. The number of para-hydroxylation sites is 1. The largest absolute Gasteiger partial charge is 0.494 e. The molecule has 19 heavy (non-hydrogen) atoms. The molecule has 2 aliphatic carbocycles. The van der Waals surface area contributed by atoms with E-state index in [1.165, 1.54) is 4.57 Å². The molecule has 2 N–H and O–H groups in total. The molecule has 2 atom stereocenters. The Morgan fingerprint density at radius 1 is 1.00 bits per heavy atom. The van der Waals surface area contributed by atoms with Crippen molar-refractivity contribution in [1.29, 1.82) is 0 Å². The Labute approximate surface area is 116 Å². The quantitative estimate of drug-likeness (QED) is 0.550. The molecule has 0 saturated carbocycles. The average Bonchev–Trinajstić information content (AvgIpc) is 3.06. The third-order valence-electron chi connectivity index (χ3n) is 4.14. The molecular weight excluding hydrogens is 258 g/mol. The van der Waals surface area contributed by atoms with Crippen molar-refractivity contribution in [3.63, 3.8) is 0 Å². The van der Waals surface area contributed by atoms with Crippen molar-refractivity contribution in [2.24, 2.45) is 0 Å². The molecule has 96 valence electrons. The molecule has 4 heteroatoms.